The summed E-state index contributed by atoms with van der Waals surface area (Å²) in [4.78, 5) is 6.37. The quantitative estimate of drug-likeness (QED) is 0.690. The fourth-order valence-electron chi connectivity index (χ4n) is 4.41. The Balaban J connectivity index is 0.00000218. The van der Waals surface area contributed by atoms with E-state index in [0.29, 0.717) is 12.5 Å². The van der Waals surface area contributed by atoms with Crippen molar-refractivity contribution in [2.75, 3.05) is 19.6 Å². The molecular weight excluding hydrogens is 403 g/mol. The third-order valence-corrected chi connectivity index (χ3v) is 6.06. The standard InChI is InChI=1S/C22H25FN6.ClH/c23-20-13-18(16-3-7-24-8-4-16)1-2-19(20)15-28-10-5-17(6-11-28)22-27-26-21-14-25-9-12-29(21)22;/h1-4,7-8,13,17,25H,5-6,9-12,14-15H2;1H. The second kappa shape index (κ2) is 9.20. The molecule has 0 aliphatic carbocycles. The Hall–Kier alpha value is -2.35. The normalized spacial score (nSPS) is 17.4. The van der Waals surface area contributed by atoms with Crippen LogP contribution in [0.4, 0.5) is 4.39 Å². The van der Waals surface area contributed by atoms with Gasteiger partial charge in [0.05, 0.1) is 6.54 Å². The average molecular weight is 429 g/mol. The van der Waals surface area contributed by atoms with E-state index >= 15 is 0 Å². The van der Waals surface area contributed by atoms with Crippen molar-refractivity contribution in [3.05, 3.63) is 65.8 Å². The van der Waals surface area contributed by atoms with E-state index in [1.165, 1.54) is 0 Å². The molecule has 1 saturated heterocycles. The Morgan fingerprint density at radius 2 is 1.80 bits per heavy atom. The van der Waals surface area contributed by atoms with Crippen molar-refractivity contribution in [1.82, 2.24) is 30.0 Å². The fraction of sp³-hybridized carbons (Fsp3) is 0.409. The van der Waals surface area contributed by atoms with Gasteiger partial charge in [0.15, 0.2) is 0 Å². The van der Waals surface area contributed by atoms with Crippen LogP contribution in [0, 0.1) is 5.82 Å². The van der Waals surface area contributed by atoms with Gasteiger partial charge in [0.25, 0.3) is 0 Å². The van der Waals surface area contributed by atoms with E-state index in [-0.39, 0.29) is 18.2 Å². The molecule has 2 aliphatic rings. The number of nitrogens with one attached hydrogen (secondary N) is 1. The molecule has 0 atom stereocenters. The van der Waals surface area contributed by atoms with Gasteiger partial charge in [-0.1, -0.05) is 12.1 Å². The molecule has 2 aromatic heterocycles. The maximum atomic E-state index is 14.7. The van der Waals surface area contributed by atoms with Crippen LogP contribution in [0.1, 0.15) is 36.0 Å². The van der Waals surface area contributed by atoms with Gasteiger partial charge in [-0.2, -0.15) is 0 Å². The number of aromatic nitrogens is 4. The van der Waals surface area contributed by atoms with E-state index in [1.807, 2.05) is 24.3 Å². The van der Waals surface area contributed by atoms with Crippen molar-refractivity contribution < 1.29 is 4.39 Å². The largest absolute Gasteiger partial charge is 0.312 e. The molecule has 0 saturated carbocycles. The molecule has 1 aromatic carbocycles. The summed E-state index contributed by atoms with van der Waals surface area (Å²) in [6, 6.07) is 9.35. The van der Waals surface area contributed by atoms with Crippen molar-refractivity contribution in [2.45, 2.75) is 38.4 Å². The van der Waals surface area contributed by atoms with Crippen LogP contribution in [0.2, 0.25) is 0 Å². The molecule has 1 N–H and O–H groups in total. The van der Waals surface area contributed by atoms with Crippen LogP contribution in [-0.2, 0) is 19.6 Å². The monoisotopic (exact) mass is 428 g/mol. The van der Waals surface area contributed by atoms with Gasteiger partial charge in [-0.3, -0.25) is 9.88 Å². The second-order valence-electron chi connectivity index (χ2n) is 7.90. The first-order chi connectivity index (χ1) is 14.3. The van der Waals surface area contributed by atoms with E-state index in [9.17, 15) is 4.39 Å². The van der Waals surface area contributed by atoms with Crippen LogP contribution in [0.3, 0.4) is 0 Å². The Labute approximate surface area is 181 Å². The average Bonchev–Trinajstić information content (AvgIpc) is 3.20. The van der Waals surface area contributed by atoms with Crippen LogP contribution >= 0.6 is 12.4 Å². The highest BCUT2D eigenvalue weighted by molar-refractivity contribution is 5.85. The lowest BCUT2D eigenvalue weighted by Gasteiger charge is -2.32. The first-order valence-corrected chi connectivity index (χ1v) is 10.3. The van der Waals surface area contributed by atoms with Gasteiger partial charge in [0.2, 0.25) is 0 Å². The maximum absolute atomic E-state index is 14.7. The lowest BCUT2D eigenvalue weighted by atomic mass is 9.95. The Kier molecular flexibility index (Phi) is 6.41. The van der Waals surface area contributed by atoms with Crippen molar-refractivity contribution in [3.8, 4) is 11.1 Å². The number of hydrogen-bond acceptors (Lipinski definition) is 5. The fourth-order valence-corrected chi connectivity index (χ4v) is 4.41. The summed E-state index contributed by atoms with van der Waals surface area (Å²) >= 11 is 0. The molecule has 4 heterocycles. The highest BCUT2D eigenvalue weighted by Crippen LogP contribution is 2.29. The summed E-state index contributed by atoms with van der Waals surface area (Å²) in [6.45, 7) is 5.30. The number of pyridine rings is 1. The minimum atomic E-state index is -0.138. The smallest absolute Gasteiger partial charge is 0.147 e. The number of likely N-dealkylation sites (tertiary alicyclic amines) is 1. The molecule has 0 amide bonds. The first-order valence-electron chi connectivity index (χ1n) is 10.3. The van der Waals surface area contributed by atoms with Gasteiger partial charge in [-0.25, -0.2) is 4.39 Å². The number of hydrogen-bond donors (Lipinski definition) is 1. The summed E-state index contributed by atoms with van der Waals surface area (Å²) in [7, 11) is 0. The highest BCUT2D eigenvalue weighted by atomic mass is 35.5. The molecule has 1 fully saturated rings. The van der Waals surface area contributed by atoms with Gasteiger partial charge < -0.3 is 9.88 Å². The molecule has 2 aliphatic heterocycles. The van der Waals surface area contributed by atoms with Crippen LogP contribution < -0.4 is 5.32 Å². The van der Waals surface area contributed by atoms with Crippen LogP contribution in [-0.4, -0.2) is 44.3 Å². The lowest BCUT2D eigenvalue weighted by molar-refractivity contribution is 0.197. The van der Waals surface area contributed by atoms with Gasteiger partial charge in [0.1, 0.15) is 17.5 Å². The third kappa shape index (κ3) is 4.24. The molecule has 158 valence electrons. The number of rotatable bonds is 4. The molecule has 3 aromatic rings. The second-order valence-corrected chi connectivity index (χ2v) is 7.90. The van der Waals surface area contributed by atoms with E-state index < -0.39 is 0 Å². The molecule has 5 rings (SSSR count). The summed E-state index contributed by atoms with van der Waals surface area (Å²) in [5, 5.41) is 12.2. The number of benzene rings is 1. The van der Waals surface area contributed by atoms with E-state index in [4.69, 9.17) is 0 Å². The Morgan fingerprint density at radius 3 is 2.57 bits per heavy atom. The molecule has 8 heteroatoms. The number of halogens is 2. The van der Waals surface area contributed by atoms with Crippen LogP contribution in [0.25, 0.3) is 11.1 Å². The van der Waals surface area contributed by atoms with Crippen molar-refractivity contribution in [1.29, 1.82) is 0 Å². The van der Waals surface area contributed by atoms with E-state index in [0.717, 1.165) is 73.9 Å². The topological polar surface area (TPSA) is 58.9 Å². The number of nitrogens with zero attached hydrogens (tertiary/aromatic N) is 5. The summed E-state index contributed by atoms with van der Waals surface area (Å²) < 4.78 is 17.0. The molecule has 0 radical (unpaired) electrons. The molecule has 0 bridgehead atoms. The lowest BCUT2D eigenvalue weighted by Crippen LogP contribution is -2.35. The minimum Gasteiger partial charge on any atom is -0.312 e. The van der Waals surface area contributed by atoms with Crippen LogP contribution in [0.5, 0.6) is 0 Å². The summed E-state index contributed by atoms with van der Waals surface area (Å²) in [5.41, 5.74) is 2.63. The van der Waals surface area contributed by atoms with Gasteiger partial charge in [-0.15, -0.1) is 22.6 Å². The zero-order valence-corrected chi connectivity index (χ0v) is 17.6. The molecular formula is C22H26ClFN6. The van der Waals surface area contributed by atoms with Crippen molar-refractivity contribution in [2.24, 2.45) is 0 Å². The van der Waals surface area contributed by atoms with Crippen molar-refractivity contribution >= 4 is 12.4 Å². The first kappa shape index (κ1) is 20.9. The Morgan fingerprint density at radius 1 is 1.00 bits per heavy atom. The molecule has 0 spiro atoms. The van der Waals surface area contributed by atoms with E-state index in [1.54, 1.807) is 18.5 Å². The molecule has 30 heavy (non-hydrogen) atoms. The number of piperidine rings is 1. The third-order valence-electron chi connectivity index (χ3n) is 6.06. The highest BCUT2D eigenvalue weighted by Gasteiger charge is 2.27. The van der Waals surface area contributed by atoms with E-state index in [2.05, 4.69) is 30.0 Å². The van der Waals surface area contributed by atoms with Gasteiger partial charge in [-0.05, 0) is 55.3 Å². The van der Waals surface area contributed by atoms with Crippen LogP contribution in [0.15, 0.2) is 42.7 Å². The van der Waals surface area contributed by atoms with Gasteiger partial charge >= 0.3 is 0 Å². The zero-order valence-electron chi connectivity index (χ0n) is 16.8. The van der Waals surface area contributed by atoms with Crippen molar-refractivity contribution in [3.63, 3.8) is 0 Å². The predicted octanol–water partition coefficient (Wildman–Crippen LogP) is 3.38. The molecule has 6 nitrogen and oxygen atoms in total. The summed E-state index contributed by atoms with van der Waals surface area (Å²) in [5.74, 6) is 2.49. The van der Waals surface area contributed by atoms with Gasteiger partial charge in [0, 0.05) is 43.5 Å². The SMILES string of the molecule is Cl.Fc1cc(-c2ccncc2)ccc1CN1CCC(c2nnc3n2CCNC3)CC1. The number of fused-ring (bicyclic) bond motifs is 1. The zero-order chi connectivity index (χ0) is 19.6. The predicted molar refractivity (Wildman–Crippen MR) is 116 cm³/mol. The molecule has 0 unspecified atom stereocenters. The Bertz CT molecular complexity index is 985. The minimum absolute atomic E-state index is 0. The summed E-state index contributed by atoms with van der Waals surface area (Å²) in [6.07, 6.45) is 5.55. The maximum Gasteiger partial charge on any atom is 0.147 e.